The van der Waals surface area contributed by atoms with Crippen LogP contribution < -0.4 is 10.7 Å². The van der Waals surface area contributed by atoms with E-state index in [1.165, 1.54) is 6.20 Å². The lowest BCUT2D eigenvalue weighted by Gasteiger charge is -2.27. The fourth-order valence-electron chi connectivity index (χ4n) is 2.91. The summed E-state index contributed by atoms with van der Waals surface area (Å²) in [6.45, 7) is 4.15. The van der Waals surface area contributed by atoms with Gasteiger partial charge < -0.3 is 15.4 Å². The maximum atomic E-state index is 12.4. The molecule has 0 bridgehead atoms. The van der Waals surface area contributed by atoms with Crippen LogP contribution in [0, 0.1) is 0 Å². The third-order valence-electron chi connectivity index (χ3n) is 4.04. The van der Waals surface area contributed by atoms with Crippen molar-refractivity contribution in [2.24, 2.45) is 0 Å². The van der Waals surface area contributed by atoms with E-state index in [-0.39, 0.29) is 17.5 Å². The molecule has 0 aliphatic rings. The van der Waals surface area contributed by atoms with E-state index in [1.54, 1.807) is 18.2 Å². The van der Waals surface area contributed by atoms with Crippen LogP contribution in [0.2, 0.25) is 0 Å². The summed E-state index contributed by atoms with van der Waals surface area (Å²) < 4.78 is 0. The molecule has 5 nitrogen and oxygen atoms in total. The fourth-order valence-corrected chi connectivity index (χ4v) is 2.91. The average Bonchev–Trinajstić information content (AvgIpc) is 2.54. The Morgan fingerprint density at radius 1 is 1.22 bits per heavy atom. The number of aromatic nitrogens is 1. The van der Waals surface area contributed by atoms with Crippen LogP contribution in [-0.4, -0.2) is 28.1 Å². The molecule has 2 aromatic rings. The van der Waals surface area contributed by atoms with Crippen LogP contribution >= 0.6 is 0 Å². The smallest absolute Gasteiger partial charge is 0.256 e. The van der Waals surface area contributed by atoms with E-state index < -0.39 is 11.5 Å². The van der Waals surface area contributed by atoms with Crippen molar-refractivity contribution < 1.29 is 9.90 Å². The molecule has 0 aliphatic heterocycles. The molecule has 124 valence electrons. The number of nitrogens with one attached hydrogen (secondary N) is 2. The van der Waals surface area contributed by atoms with Crippen molar-refractivity contribution in [1.82, 2.24) is 10.3 Å². The molecule has 23 heavy (non-hydrogen) atoms. The van der Waals surface area contributed by atoms with Crippen molar-refractivity contribution in [1.29, 1.82) is 0 Å². The molecule has 0 saturated heterocycles. The minimum atomic E-state index is -0.914. The second-order valence-electron chi connectivity index (χ2n) is 5.98. The van der Waals surface area contributed by atoms with Crippen LogP contribution in [-0.2, 0) is 0 Å². The summed E-state index contributed by atoms with van der Waals surface area (Å²) in [5.74, 6) is -0.456. The van der Waals surface area contributed by atoms with Crippen molar-refractivity contribution in [3.63, 3.8) is 0 Å². The van der Waals surface area contributed by atoms with E-state index >= 15 is 0 Å². The van der Waals surface area contributed by atoms with E-state index in [9.17, 15) is 14.7 Å². The number of hydrogen-bond donors (Lipinski definition) is 3. The Hall–Kier alpha value is -2.14. The van der Waals surface area contributed by atoms with Gasteiger partial charge in [0.15, 0.2) is 0 Å². The van der Waals surface area contributed by atoms with E-state index in [0.29, 0.717) is 23.7 Å². The number of hydrogen-bond acceptors (Lipinski definition) is 3. The number of carbonyl (C=O) groups is 1. The number of aliphatic hydroxyl groups is 1. The minimum absolute atomic E-state index is 0.0686. The van der Waals surface area contributed by atoms with Crippen molar-refractivity contribution in [3.05, 3.63) is 46.2 Å². The molecule has 0 unspecified atom stereocenters. The highest BCUT2D eigenvalue weighted by Crippen LogP contribution is 2.18. The zero-order valence-corrected chi connectivity index (χ0v) is 13.7. The Kier molecular flexibility index (Phi) is 5.55. The number of amides is 1. The number of para-hydroxylation sites is 1. The van der Waals surface area contributed by atoms with Gasteiger partial charge in [-0.15, -0.1) is 0 Å². The van der Waals surface area contributed by atoms with Gasteiger partial charge in [-0.3, -0.25) is 9.59 Å². The van der Waals surface area contributed by atoms with Gasteiger partial charge in [0.2, 0.25) is 5.43 Å². The molecule has 0 saturated carbocycles. The summed E-state index contributed by atoms with van der Waals surface area (Å²) in [7, 11) is 0. The monoisotopic (exact) mass is 316 g/mol. The summed E-state index contributed by atoms with van der Waals surface area (Å²) >= 11 is 0. The van der Waals surface area contributed by atoms with Gasteiger partial charge in [-0.05, 0) is 25.0 Å². The second-order valence-corrected chi connectivity index (χ2v) is 5.98. The van der Waals surface area contributed by atoms with E-state index in [2.05, 4.69) is 10.3 Å². The molecule has 0 aliphatic carbocycles. The third kappa shape index (κ3) is 3.99. The first-order chi connectivity index (χ1) is 11.0. The topological polar surface area (TPSA) is 82.2 Å². The van der Waals surface area contributed by atoms with E-state index in [1.807, 2.05) is 19.9 Å². The van der Waals surface area contributed by atoms with E-state index in [0.717, 1.165) is 12.8 Å². The van der Waals surface area contributed by atoms with Crippen LogP contribution in [0.1, 0.15) is 49.9 Å². The Morgan fingerprint density at radius 3 is 2.52 bits per heavy atom. The number of carbonyl (C=O) groups excluding carboxylic acids is 1. The number of benzene rings is 1. The van der Waals surface area contributed by atoms with Gasteiger partial charge in [0.25, 0.3) is 5.91 Å². The Labute approximate surface area is 135 Å². The van der Waals surface area contributed by atoms with Crippen LogP contribution in [0.5, 0.6) is 0 Å². The Bertz CT molecular complexity index is 730. The van der Waals surface area contributed by atoms with Crippen molar-refractivity contribution in [2.45, 2.75) is 45.1 Å². The zero-order valence-electron chi connectivity index (χ0n) is 13.7. The maximum Gasteiger partial charge on any atom is 0.256 e. The quantitative estimate of drug-likeness (QED) is 0.734. The third-order valence-corrected chi connectivity index (χ3v) is 4.04. The van der Waals surface area contributed by atoms with Crippen LogP contribution in [0.4, 0.5) is 0 Å². The van der Waals surface area contributed by atoms with Gasteiger partial charge >= 0.3 is 0 Å². The number of rotatable bonds is 7. The molecule has 1 heterocycles. The summed E-state index contributed by atoms with van der Waals surface area (Å²) in [4.78, 5) is 27.7. The molecule has 0 fully saturated rings. The van der Waals surface area contributed by atoms with Crippen molar-refractivity contribution in [2.75, 3.05) is 6.54 Å². The van der Waals surface area contributed by atoms with Crippen LogP contribution in [0.15, 0.2) is 35.3 Å². The van der Waals surface area contributed by atoms with Gasteiger partial charge in [-0.25, -0.2) is 0 Å². The van der Waals surface area contributed by atoms with Crippen LogP contribution in [0.3, 0.4) is 0 Å². The Morgan fingerprint density at radius 2 is 1.87 bits per heavy atom. The Balaban J connectivity index is 2.18. The number of aromatic amines is 1. The highest BCUT2D eigenvalue weighted by Gasteiger charge is 2.26. The molecule has 3 N–H and O–H groups in total. The standard InChI is InChI=1S/C18H24N2O3/c1-3-9-18(23,10-4-2)12-20-17(22)14-11-19-15-8-6-5-7-13(15)16(14)21/h5-8,11,23H,3-4,9-10,12H2,1-2H3,(H,19,21)(H,20,22). The first-order valence-corrected chi connectivity index (χ1v) is 8.11. The molecule has 1 aromatic heterocycles. The van der Waals surface area contributed by atoms with E-state index in [4.69, 9.17) is 0 Å². The molecule has 1 amide bonds. The molecule has 5 heteroatoms. The van der Waals surface area contributed by atoms with Crippen molar-refractivity contribution in [3.8, 4) is 0 Å². The largest absolute Gasteiger partial charge is 0.388 e. The molecule has 0 atom stereocenters. The average molecular weight is 316 g/mol. The maximum absolute atomic E-state index is 12.4. The van der Waals surface area contributed by atoms with Crippen LogP contribution in [0.25, 0.3) is 10.9 Å². The first kappa shape index (κ1) is 17.2. The normalized spacial score (nSPS) is 11.6. The highest BCUT2D eigenvalue weighted by molar-refractivity contribution is 5.97. The predicted octanol–water partition coefficient (Wildman–Crippen LogP) is 2.59. The van der Waals surface area contributed by atoms with Gasteiger partial charge in [-0.1, -0.05) is 38.8 Å². The predicted molar refractivity (Wildman–Crippen MR) is 91.7 cm³/mol. The minimum Gasteiger partial charge on any atom is -0.388 e. The zero-order chi connectivity index (χ0) is 16.9. The highest BCUT2D eigenvalue weighted by atomic mass is 16.3. The number of fused-ring (bicyclic) bond motifs is 1. The molecule has 0 radical (unpaired) electrons. The van der Waals surface area contributed by atoms with Gasteiger partial charge in [-0.2, -0.15) is 0 Å². The lowest BCUT2D eigenvalue weighted by atomic mass is 9.92. The van der Waals surface area contributed by atoms with Gasteiger partial charge in [0.1, 0.15) is 5.56 Å². The molecule has 2 rings (SSSR count). The summed E-state index contributed by atoms with van der Waals surface area (Å²) in [5, 5.41) is 13.7. The van der Waals surface area contributed by atoms with Gasteiger partial charge in [0, 0.05) is 23.6 Å². The fraction of sp³-hybridized carbons (Fsp3) is 0.444. The van der Waals surface area contributed by atoms with Gasteiger partial charge in [0.05, 0.1) is 5.60 Å². The molecular formula is C18H24N2O3. The summed E-state index contributed by atoms with van der Waals surface area (Å²) in [6.07, 6.45) is 4.34. The lowest BCUT2D eigenvalue weighted by Crippen LogP contribution is -2.43. The summed E-state index contributed by atoms with van der Waals surface area (Å²) in [5.41, 5.74) is -0.448. The second kappa shape index (κ2) is 7.42. The number of pyridine rings is 1. The summed E-state index contributed by atoms with van der Waals surface area (Å²) in [6, 6.07) is 7.07. The molecule has 0 spiro atoms. The SMILES string of the molecule is CCCC(O)(CCC)CNC(=O)c1c[nH]c2ccccc2c1=O. The number of H-pyrrole nitrogens is 1. The van der Waals surface area contributed by atoms with Crippen molar-refractivity contribution >= 4 is 16.8 Å². The molecule has 1 aromatic carbocycles. The lowest BCUT2D eigenvalue weighted by molar-refractivity contribution is 0.0213. The molecular weight excluding hydrogens is 292 g/mol. The first-order valence-electron chi connectivity index (χ1n) is 8.11.